The van der Waals surface area contributed by atoms with E-state index < -0.39 is 10.0 Å². The summed E-state index contributed by atoms with van der Waals surface area (Å²) >= 11 is 0. The van der Waals surface area contributed by atoms with Crippen LogP contribution in [-0.2, 0) is 14.8 Å². The van der Waals surface area contributed by atoms with Gasteiger partial charge in [-0.3, -0.25) is 0 Å². The highest BCUT2D eigenvalue weighted by Gasteiger charge is 2.30. The third kappa shape index (κ3) is 3.29. The molecule has 0 fully saturated rings. The number of nitriles is 1. The molecule has 104 valence electrons. The van der Waals surface area contributed by atoms with Crippen molar-refractivity contribution >= 4 is 10.0 Å². The van der Waals surface area contributed by atoms with Gasteiger partial charge in [0.05, 0.1) is 6.61 Å². The number of likely N-dealkylation sites (N-methyl/N-ethyl adjacent to an activating group) is 1. The minimum absolute atomic E-state index is 0.0673. The molecule has 0 saturated heterocycles. The highest BCUT2D eigenvalue weighted by molar-refractivity contribution is 7.89. The lowest BCUT2D eigenvalue weighted by Gasteiger charge is -2.26. The predicted octanol–water partition coefficient (Wildman–Crippen LogP) is 0.999. The molecule has 0 aromatic carbocycles. The van der Waals surface area contributed by atoms with Crippen LogP contribution in [0.25, 0.3) is 0 Å². The molecule has 0 aliphatic rings. The van der Waals surface area contributed by atoms with Crippen molar-refractivity contribution in [2.45, 2.75) is 24.8 Å². The first-order valence-corrected chi connectivity index (χ1v) is 7.28. The highest BCUT2D eigenvalue weighted by atomic mass is 32.2. The SMILES string of the molecule is CCN(C(C)COC)S(=O)(=O)c1cccnc1C#N. The summed E-state index contributed by atoms with van der Waals surface area (Å²) < 4.78 is 31.4. The van der Waals surface area contributed by atoms with Crippen LogP contribution in [0.2, 0.25) is 0 Å². The maximum atomic E-state index is 12.5. The molecular weight excluding hydrogens is 266 g/mol. The van der Waals surface area contributed by atoms with Gasteiger partial charge in [0.15, 0.2) is 5.69 Å². The second kappa shape index (κ2) is 6.61. The van der Waals surface area contributed by atoms with E-state index in [4.69, 9.17) is 10.00 Å². The number of pyridine rings is 1. The molecule has 1 atom stereocenters. The van der Waals surface area contributed by atoms with Crippen molar-refractivity contribution in [3.8, 4) is 6.07 Å². The number of ether oxygens (including phenoxy) is 1. The first kappa shape index (κ1) is 15.6. The van der Waals surface area contributed by atoms with E-state index in [0.29, 0.717) is 6.54 Å². The third-order valence-electron chi connectivity index (χ3n) is 2.67. The average molecular weight is 283 g/mol. The lowest BCUT2D eigenvalue weighted by atomic mass is 10.3. The van der Waals surface area contributed by atoms with E-state index >= 15 is 0 Å². The van der Waals surface area contributed by atoms with Gasteiger partial charge in [-0.05, 0) is 19.1 Å². The summed E-state index contributed by atoms with van der Waals surface area (Å²) in [5, 5.41) is 8.96. The molecule has 19 heavy (non-hydrogen) atoms. The lowest BCUT2D eigenvalue weighted by Crippen LogP contribution is -2.41. The molecule has 0 radical (unpaired) electrons. The van der Waals surface area contributed by atoms with Crippen molar-refractivity contribution in [1.29, 1.82) is 5.26 Å². The minimum atomic E-state index is -3.75. The van der Waals surface area contributed by atoms with Crippen molar-refractivity contribution < 1.29 is 13.2 Å². The fourth-order valence-electron chi connectivity index (χ4n) is 1.85. The van der Waals surface area contributed by atoms with Gasteiger partial charge in [0.25, 0.3) is 0 Å². The molecule has 6 nitrogen and oxygen atoms in total. The van der Waals surface area contributed by atoms with Gasteiger partial charge in [0.2, 0.25) is 10.0 Å². The Bertz CT molecular complexity index is 566. The maximum absolute atomic E-state index is 12.5. The Balaban J connectivity index is 3.25. The Hall–Kier alpha value is -1.49. The Labute approximate surface area is 113 Å². The number of aromatic nitrogens is 1. The summed E-state index contributed by atoms with van der Waals surface area (Å²) in [6.45, 7) is 4.08. The normalized spacial score (nSPS) is 13.2. The van der Waals surface area contributed by atoms with E-state index in [1.54, 1.807) is 19.9 Å². The van der Waals surface area contributed by atoms with Gasteiger partial charge in [-0.15, -0.1) is 0 Å². The fraction of sp³-hybridized carbons (Fsp3) is 0.500. The maximum Gasteiger partial charge on any atom is 0.246 e. The summed E-state index contributed by atoms with van der Waals surface area (Å²) in [5.41, 5.74) is -0.0921. The van der Waals surface area contributed by atoms with Crippen LogP contribution in [0, 0.1) is 11.3 Å². The van der Waals surface area contributed by atoms with E-state index in [0.717, 1.165) is 0 Å². The number of sulfonamides is 1. The Kier molecular flexibility index (Phi) is 5.42. The second-order valence-corrected chi connectivity index (χ2v) is 5.83. The molecule has 0 aliphatic carbocycles. The monoisotopic (exact) mass is 283 g/mol. The Morgan fingerprint density at radius 3 is 2.79 bits per heavy atom. The number of nitrogens with zero attached hydrogens (tertiary/aromatic N) is 3. The number of rotatable bonds is 6. The van der Waals surface area contributed by atoms with Crippen LogP contribution in [0.3, 0.4) is 0 Å². The largest absolute Gasteiger partial charge is 0.383 e. The van der Waals surface area contributed by atoms with Crippen molar-refractivity contribution in [1.82, 2.24) is 9.29 Å². The molecule has 0 bridgehead atoms. The van der Waals surface area contributed by atoms with Gasteiger partial charge in [0, 0.05) is 25.9 Å². The molecule has 0 saturated carbocycles. The highest BCUT2D eigenvalue weighted by Crippen LogP contribution is 2.20. The molecule has 0 N–H and O–H groups in total. The number of hydrogen-bond acceptors (Lipinski definition) is 5. The summed E-state index contributed by atoms with van der Waals surface area (Å²) in [6, 6.07) is 4.38. The molecule has 0 spiro atoms. The Morgan fingerprint density at radius 2 is 2.26 bits per heavy atom. The average Bonchev–Trinajstić information content (AvgIpc) is 2.39. The van der Waals surface area contributed by atoms with E-state index in [1.165, 1.54) is 29.7 Å². The van der Waals surface area contributed by atoms with Gasteiger partial charge in [0.1, 0.15) is 11.0 Å². The second-order valence-electron chi connectivity index (χ2n) is 3.97. The van der Waals surface area contributed by atoms with E-state index in [1.807, 2.05) is 0 Å². The van der Waals surface area contributed by atoms with Crippen molar-refractivity contribution in [2.24, 2.45) is 0 Å². The molecule has 1 aromatic heterocycles. The van der Waals surface area contributed by atoms with Crippen LogP contribution in [0.1, 0.15) is 19.5 Å². The summed E-state index contributed by atoms with van der Waals surface area (Å²) in [6.07, 6.45) is 1.40. The first-order chi connectivity index (χ1) is 8.98. The van der Waals surface area contributed by atoms with Crippen LogP contribution in [0.15, 0.2) is 23.2 Å². The Morgan fingerprint density at radius 1 is 1.58 bits per heavy atom. The molecule has 7 heteroatoms. The smallest absolute Gasteiger partial charge is 0.246 e. The molecule has 1 rings (SSSR count). The zero-order valence-electron chi connectivity index (χ0n) is 11.2. The summed E-state index contributed by atoms with van der Waals surface area (Å²) in [7, 11) is -2.23. The van der Waals surface area contributed by atoms with E-state index in [9.17, 15) is 8.42 Å². The van der Waals surface area contributed by atoms with Gasteiger partial charge < -0.3 is 4.74 Å². The molecule has 1 heterocycles. The van der Waals surface area contributed by atoms with Gasteiger partial charge in [-0.1, -0.05) is 6.92 Å². The molecule has 0 aliphatic heterocycles. The molecule has 1 unspecified atom stereocenters. The molecular formula is C12H17N3O3S. The van der Waals surface area contributed by atoms with Gasteiger partial charge >= 0.3 is 0 Å². The summed E-state index contributed by atoms with van der Waals surface area (Å²) in [5.74, 6) is 0. The fourth-order valence-corrected chi connectivity index (χ4v) is 3.57. The topological polar surface area (TPSA) is 83.3 Å². The molecule has 1 aromatic rings. The van der Waals surface area contributed by atoms with Crippen molar-refractivity contribution in [2.75, 3.05) is 20.3 Å². The van der Waals surface area contributed by atoms with Crippen LogP contribution in [-0.4, -0.2) is 44.0 Å². The molecule has 0 amide bonds. The van der Waals surface area contributed by atoms with Crippen LogP contribution < -0.4 is 0 Å². The van der Waals surface area contributed by atoms with Crippen molar-refractivity contribution in [3.63, 3.8) is 0 Å². The third-order valence-corrected chi connectivity index (χ3v) is 4.80. The zero-order valence-corrected chi connectivity index (χ0v) is 12.0. The predicted molar refractivity (Wildman–Crippen MR) is 69.9 cm³/mol. The first-order valence-electron chi connectivity index (χ1n) is 5.84. The number of methoxy groups -OCH3 is 1. The standard InChI is InChI=1S/C12H17N3O3S/c1-4-15(10(2)9-18-3)19(16,17)12-6-5-7-14-11(12)8-13/h5-7,10H,4,9H2,1-3H3. The quantitative estimate of drug-likeness (QED) is 0.777. The van der Waals surface area contributed by atoms with Gasteiger partial charge in [-0.25, -0.2) is 13.4 Å². The van der Waals surface area contributed by atoms with Crippen LogP contribution in [0.5, 0.6) is 0 Å². The van der Waals surface area contributed by atoms with E-state index in [2.05, 4.69) is 4.98 Å². The van der Waals surface area contributed by atoms with Crippen LogP contribution in [0.4, 0.5) is 0 Å². The summed E-state index contributed by atoms with van der Waals surface area (Å²) in [4.78, 5) is 3.72. The van der Waals surface area contributed by atoms with Crippen molar-refractivity contribution in [3.05, 3.63) is 24.0 Å². The van der Waals surface area contributed by atoms with E-state index in [-0.39, 0.29) is 23.2 Å². The number of hydrogen-bond donors (Lipinski definition) is 0. The minimum Gasteiger partial charge on any atom is -0.383 e. The lowest BCUT2D eigenvalue weighted by molar-refractivity contribution is 0.142. The van der Waals surface area contributed by atoms with Crippen LogP contribution >= 0.6 is 0 Å². The van der Waals surface area contributed by atoms with Gasteiger partial charge in [-0.2, -0.15) is 9.57 Å². The zero-order chi connectivity index (χ0) is 14.5.